The monoisotopic (exact) mass is 203 g/mol. The van der Waals surface area contributed by atoms with Gasteiger partial charge in [-0.3, -0.25) is 9.78 Å². The van der Waals surface area contributed by atoms with Crippen molar-refractivity contribution in [1.82, 2.24) is 4.98 Å². The first-order valence-electron chi connectivity index (χ1n) is 5.37. The van der Waals surface area contributed by atoms with Crippen molar-refractivity contribution in [3.05, 3.63) is 41.7 Å². The molecule has 1 heterocycles. The zero-order valence-corrected chi connectivity index (χ0v) is 9.36. The molecule has 0 aliphatic heterocycles. The number of carbonyl (C=O) groups excluding carboxylic acids is 1. The van der Waals surface area contributed by atoms with Gasteiger partial charge in [-0.15, -0.1) is 0 Å². The molecule has 0 saturated heterocycles. The summed E-state index contributed by atoms with van der Waals surface area (Å²) in [5, 5.41) is 0. The molecule has 0 aliphatic carbocycles. The Balaban J connectivity index is 2.57. The number of unbranched alkanes of at least 4 members (excludes halogenated alkanes) is 2. The Kier molecular flexibility index (Phi) is 4.75. The molecule has 1 rings (SSSR count). The molecule has 2 heteroatoms. The fourth-order valence-corrected chi connectivity index (χ4v) is 1.31. The fraction of sp³-hybridized carbons (Fsp3) is 0.385. The Hall–Kier alpha value is -1.44. The summed E-state index contributed by atoms with van der Waals surface area (Å²) in [6.45, 7) is 4.03. The molecule has 0 amide bonds. The Bertz CT molecular complexity index is 355. The number of pyridine rings is 1. The van der Waals surface area contributed by atoms with E-state index in [1.165, 1.54) is 0 Å². The number of hydrogen-bond acceptors (Lipinski definition) is 2. The van der Waals surface area contributed by atoms with Gasteiger partial charge in [0.2, 0.25) is 0 Å². The van der Waals surface area contributed by atoms with Crippen LogP contribution in [0.5, 0.6) is 0 Å². The standard InChI is InChI=1S/C13H17NO/c1-3-4-5-6-7-13(15)12-8-9-14-11(2)10-12/h6-10H,3-5H2,1-2H3/b7-6+. The Labute approximate surface area is 91.0 Å². The molecule has 0 N–H and O–H groups in total. The van der Waals surface area contributed by atoms with E-state index in [-0.39, 0.29) is 5.78 Å². The molecule has 0 atom stereocenters. The van der Waals surface area contributed by atoms with E-state index < -0.39 is 0 Å². The maximum Gasteiger partial charge on any atom is 0.185 e. The van der Waals surface area contributed by atoms with Crippen LogP contribution in [-0.4, -0.2) is 10.8 Å². The van der Waals surface area contributed by atoms with Gasteiger partial charge in [0.25, 0.3) is 0 Å². The number of nitrogens with zero attached hydrogens (tertiary/aromatic N) is 1. The fourth-order valence-electron chi connectivity index (χ4n) is 1.31. The molecule has 0 spiro atoms. The van der Waals surface area contributed by atoms with Gasteiger partial charge < -0.3 is 0 Å². The lowest BCUT2D eigenvalue weighted by molar-refractivity contribution is 0.104. The van der Waals surface area contributed by atoms with Gasteiger partial charge in [0.15, 0.2) is 5.78 Å². The normalized spacial score (nSPS) is 10.8. The average molecular weight is 203 g/mol. The van der Waals surface area contributed by atoms with E-state index in [9.17, 15) is 4.79 Å². The number of allylic oxidation sites excluding steroid dienone is 2. The summed E-state index contributed by atoms with van der Waals surface area (Å²) in [5.74, 6) is 0.0663. The third kappa shape index (κ3) is 4.07. The van der Waals surface area contributed by atoms with Gasteiger partial charge in [-0.2, -0.15) is 0 Å². The summed E-state index contributed by atoms with van der Waals surface area (Å²) < 4.78 is 0. The summed E-state index contributed by atoms with van der Waals surface area (Å²) in [6.07, 6.45) is 8.55. The van der Waals surface area contributed by atoms with Gasteiger partial charge in [0.1, 0.15) is 0 Å². The zero-order chi connectivity index (χ0) is 11.1. The highest BCUT2D eigenvalue weighted by atomic mass is 16.1. The molecule has 2 nitrogen and oxygen atoms in total. The van der Waals surface area contributed by atoms with E-state index in [0.717, 1.165) is 30.5 Å². The highest BCUT2D eigenvalue weighted by molar-refractivity contribution is 6.04. The van der Waals surface area contributed by atoms with Gasteiger partial charge in [-0.25, -0.2) is 0 Å². The first-order valence-corrected chi connectivity index (χ1v) is 5.37. The summed E-state index contributed by atoms with van der Waals surface area (Å²) in [7, 11) is 0. The summed E-state index contributed by atoms with van der Waals surface area (Å²) in [5.41, 5.74) is 1.60. The van der Waals surface area contributed by atoms with Crippen LogP contribution in [0.25, 0.3) is 0 Å². The Morgan fingerprint density at radius 3 is 3.00 bits per heavy atom. The van der Waals surface area contributed by atoms with Gasteiger partial charge in [-0.1, -0.05) is 25.8 Å². The van der Waals surface area contributed by atoms with E-state index in [2.05, 4.69) is 11.9 Å². The zero-order valence-electron chi connectivity index (χ0n) is 9.36. The third-order valence-electron chi connectivity index (χ3n) is 2.17. The molecule has 1 aromatic rings. The van der Waals surface area contributed by atoms with Crippen LogP contribution >= 0.6 is 0 Å². The largest absolute Gasteiger partial charge is 0.289 e. The lowest BCUT2D eigenvalue weighted by Crippen LogP contribution is -1.95. The Morgan fingerprint density at radius 1 is 1.53 bits per heavy atom. The van der Waals surface area contributed by atoms with Crippen LogP contribution in [0.1, 0.15) is 42.2 Å². The average Bonchev–Trinajstić information content (AvgIpc) is 2.24. The smallest absolute Gasteiger partial charge is 0.185 e. The van der Waals surface area contributed by atoms with Crippen LogP contribution in [-0.2, 0) is 0 Å². The van der Waals surface area contributed by atoms with Crippen LogP contribution in [0.2, 0.25) is 0 Å². The van der Waals surface area contributed by atoms with Gasteiger partial charge in [0, 0.05) is 17.5 Å². The number of hydrogen-bond donors (Lipinski definition) is 0. The highest BCUT2D eigenvalue weighted by Gasteiger charge is 2.00. The Morgan fingerprint density at radius 2 is 2.33 bits per heavy atom. The maximum absolute atomic E-state index is 11.6. The number of rotatable bonds is 5. The lowest BCUT2D eigenvalue weighted by atomic mass is 10.1. The topological polar surface area (TPSA) is 30.0 Å². The second kappa shape index (κ2) is 6.12. The van der Waals surface area contributed by atoms with Crippen molar-refractivity contribution in [2.75, 3.05) is 0 Å². The first kappa shape index (κ1) is 11.6. The van der Waals surface area contributed by atoms with Crippen molar-refractivity contribution in [2.45, 2.75) is 33.1 Å². The molecule has 0 radical (unpaired) electrons. The van der Waals surface area contributed by atoms with Gasteiger partial charge >= 0.3 is 0 Å². The SMILES string of the molecule is CCCC/C=C/C(=O)c1ccnc(C)c1. The summed E-state index contributed by atoms with van der Waals surface area (Å²) >= 11 is 0. The minimum atomic E-state index is 0.0663. The molecule has 0 saturated carbocycles. The van der Waals surface area contributed by atoms with Crippen molar-refractivity contribution in [3.63, 3.8) is 0 Å². The van der Waals surface area contributed by atoms with Crippen molar-refractivity contribution < 1.29 is 4.79 Å². The van der Waals surface area contributed by atoms with Gasteiger partial charge in [-0.05, 0) is 31.6 Å². The van der Waals surface area contributed by atoms with Gasteiger partial charge in [0.05, 0.1) is 0 Å². The van der Waals surface area contributed by atoms with E-state index >= 15 is 0 Å². The predicted molar refractivity (Wildman–Crippen MR) is 62.0 cm³/mol. The van der Waals surface area contributed by atoms with Crippen LogP contribution < -0.4 is 0 Å². The van der Waals surface area contributed by atoms with Crippen molar-refractivity contribution in [1.29, 1.82) is 0 Å². The molecule has 0 fully saturated rings. The minimum absolute atomic E-state index is 0.0663. The third-order valence-corrected chi connectivity index (χ3v) is 2.17. The second-order valence-electron chi connectivity index (χ2n) is 3.59. The van der Waals surface area contributed by atoms with Crippen molar-refractivity contribution >= 4 is 5.78 Å². The maximum atomic E-state index is 11.6. The van der Waals surface area contributed by atoms with E-state index in [1.807, 2.05) is 19.1 Å². The predicted octanol–water partition coefficient (Wildman–Crippen LogP) is 3.32. The molecular formula is C13H17NO. The van der Waals surface area contributed by atoms with E-state index in [4.69, 9.17) is 0 Å². The second-order valence-corrected chi connectivity index (χ2v) is 3.59. The molecule has 15 heavy (non-hydrogen) atoms. The molecule has 80 valence electrons. The molecule has 0 aliphatic rings. The van der Waals surface area contributed by atoms with Crippen molar-refractivity contribution in [2.24, 2.45) is 0 Å². The molecular weight excluding hydrogens is 186 g/mol. The van der Waals surface area contributed by atoms with Crippen molar-refractivity contribution in [3.8, 4) is 0 Å². The quantitative estimate of drug-likeness (QED) is 0.417. The number of aromatic nitrogens is 1. The first-order chi connectivity index (χ1) is 7.24. The number of carbonyl (C=O) groups is 1. The molecule has 0 aromatic carbocycles. The highest BCUT2D eigenvalue weighted by Crippen LogP contribution is 2.04. The molecule has 0 bridgehead atoms. The van der Waals surface area contributed by atoms with Crippen LogP contribution in [0.15, 0.2) is 30.5 Å². The summed E-state index contributed by atoms with van der Waals surface area (Å²) in [4.78, 5) is 15.7. The van der Waals surface area contributed by atoms with Crippen LogP contribution in [0.3, 0.4) is 0 Å². The lowest BCUT2D eigenvalue weighted by Gasteiger charge is -1.96. The molecule has 0 unspecified atom stereocenters. The minimum Gasteiger partial charge on any atom is -0.289 e. The summed E-state index contributed by atoms with van der Waals surface area (Å²) in [6, 6.07) is 3.56. The van der Waals surface area contributed by atoms with E-state index in [0.29, 0.717) is 0 Å². The van der Waals surface area contributed by atoms with E-state index in [1.54, 1.807) is 18.3 Å². The number of ketones is 1. The van der Waals surface area contributed by atoms with Crippen LogP contribution in [0, 0.1) is 6.92 Å². The number of aryl methyl sites for hydroxylation is 1. The van der Waals surface area contributed by atoms with Crippen LogP contribution in [0.4, 0.5) is 0 Å². The molecule has 1 aromatic heterocycles.